The molecule has 0 saturated carbocycles. The van der Waals surface area contributed by atoms with Crippen LogP contribution >= 0.6 is 0 Å². The third-order valence-electron chi connectivity index (χ3n) is 4.85. The van der Waals surface area contributed by atoms with Gasteiger partial charge in [0.25, 0.3) is 5.91 Å². The lowest BCUT2D eigenvalue weighted by molar-refractivity contribution is -0.132. The molecule has 1 N–H and O–H groups in total. The van der Waals surface area contributed by atoms with Gasteiger partial charge in [0, 0.05) is 0 Å². The zero-order chi connectivity index (χ0) is 16.7. The predicted octanol–water partition coefficient (Wildman–Crippen LogP) is 2.45. The second-order valence-electron chi connectivity index (χ2n) is 6.19. The molecule has 1 atom stereocenters. The molecule has 0 radical (unpaired) electrons. The van der Waals surface area contributed by atoms with Crippen LogP contribution in [0, 0.1) is 11.3 Å². The van der Waals surface area contributed by atoms with Gasteiger partial charge in [-0.1, -0.05) is 36.4 Å². The summed E-state index contributed by atoms with van der Waals surface area (Å²) in [5.41, 5.74) is 2.48. The number of imide groups is 1. The van der Waals surface area contributed by atoms with Crippen molar-refractivity contribution < 1.29 is 9.59 Å². The number of nitrogens with one attached hydrogen (secondary N) is 1. The van der Waals surface area contributed by atoms with Crippen LogP contribution in [-0.4, -0.2) is 16.8 Å². The average molecular weight is 317 g/mol. The molecule has 5 heteroatoms. The molecule has 1 aliphatic carbocycles. The van der Waals surface area contributed by atoms with Gasteiger partial charge in [0.2, 0.25) is 0 Å². The van der Waals surface area contributed by atoms with E-state index >= 15 is 0 Å². The summed E-state index contributed by atoms with van der Waals surface area (Å²) in [6, 6.07) is 16.4. The Labute approximate surface area is 139 Å². The highest BCUT2D eigenvalue weighted by molar-refractivity contribution is 6.08. The third-order valence-corrected chi connectivity index (χ3v) is 4.85. The number of urea groups is 1. The van der Waals surface area contributed by atoms with Gasteiger partial charge in [-0.25, -0.2) is 4.79 Å². The number of hydrogen-bond acceptors (Lipinski definition) is 3. The summed E-state index contributed by atoms with van der Waals surface area (Å²) in [5.74, 6) is -0.193. The predicted molar refractivity (Wildman–Crippen MR) is 86.7 cm³/mol. The molecule has 24 heavy (non-hydrogen) atoms. The Hall–Kier alpha value is -3.13. The van der Waals surface area contributed by atoms with Crippen molar-refractivity contribution >= 4 is 11.9 Å². The number of fused-ring (bicyclic) bond motifs is 2. The van der Waals surface area contributed by atoms with Crippen LogP contribution < -0.4 is 5.32 Å². The van der Waals surface area contributed by atoms with E-state index in [0.29, 0.717) is 12.0 Å². The Morgan fingerprint density at radius 3 is 2.62 bits per heavy atom. The summed E-state index contributed by atoms with van der Waals surface area (Å²) < 4.78 is 0. The Morgan fingerprint density at radius 1 is 1.12 bits per heavy atom. The second-order valence-corrected chi connectivity index (χ2v) is 6.19. The van der Waals surface area contributed by atoms with Crippen molar-refractivity contribution in [1.29, 1.82) is 5.26 Å². The minimum absolute atomic E-state index is 0.193. The van der Waals surface area contributed by atoms with Crippen LogP contribution in [0.25, 0.3) is 0 Å². The van der Waals surface area contributed by atoms with Crippen molar-refractivity contribution in [2.45, 2.75) is 24.9 Å². The molecule has 5 nitrogen and oxygen atoms in total. The number of nitriles is 1. The van der Waals surface area contributed by atoms with E-state index in [1.807, 2.05) is 24.3 Å². The Bertz CT molecular complexity index is 882. The first kappa shape index (κ1) is 14.5. The zero-order valence-corrected chi connectivity index (χ0v) is 13.0. The molecule has 1 heterocycles. The van der Waals surface area contributed by atoms with Gasteiger partial charge in [-0.3, -0.25) is 9.69 Å². The first-order chi connectivity index (χ1) is 11.6. The van der Waals surface area contributed by atoms with Gasteiger partial charge in [0.05, 0.1) is 18.2 Å². The molecule has 0 aromatic heterocycles. The highest BCUT2D eigenvalue weighted by Gasteiger charge is 2.55. The van der Waals surface area contributed by atoms with Gasteiger partial charge in [-0.05, 0) is 41.7 Å². The normalized spacial score (nSPS) is 21.7. The van der Waals surface area contributed by atoms with E-state index in [4.69, 9.17) is 5.26 Å². The molecule has 4 rings (SSSR count). The summed E-state index contributed by atoms with van der Waals surface area (Å²) >= 11 is 0. The monoisotopic (exact) mass is 317 g/mol. The van der Waals surface area contributed by atoms with Crippen molar-refractivity contribution in [3.05, 3.63) is 70.8 Å². The van der Waals surface area contributed by atoms with Crippen LogP contribution in [0.4, 0.5) is 4.79 Å². The van der Waals surface area contributed by atoms with Crippen molar-refractivity contribution in [2.75, 3.05) is 0 Å². The summed E-state index contributed by atoms with van der Waals surface area (Å²) in [4.78, 5) is 26.7. The van der Waals surface area contributed by atoms with E-state index in [2.05, 4.69) is 11.4 Å². The highest BCUT2D eigenvalue weighted by Crippen LogP contribution is 2.41. The van der Waals surface area contributed by atoms with Crippen LogP contribution in [0.15, 0.2) is 48.5 Å². The maximum atomic E-state index is 13.0. The van der Waals surface area contributed by atoms with Crippen molar-refractivity contribution in [3.8, 4) is 6.07 Å². The quantitative estimate of drug-likeness (QED) is 0.865. The highest BCUT2D eigenvalue weighted by atomic mass is 16.2. The van der Waals surface area contributed by atoms with Crippen molar-refractivity contribution in [3.63, 3.8) is 0 Å². The maximum absolute atomic E-state index is 13.0. The number of benzene rings is 2. The standard InChI is InChI=1S/C19H15N3O2/c20-11-13-5-7-14(8-6-13)12-22-17(23)19(21-18(22)24)10-9-15-3-1-2-4-16(15)19/h1-8H,9-10,12H2,(H,21,24). The van der Waals surface area contributed by atoms with Crippen LogP contribution in [0.5, 0.6) is 0 Å². The minimum Gasteiger partial charge on any atom is -0.319 e. The molecule has 1 saturated heterocycles. The van der Waals surface area contributed by atoms with Gasteiger partial charge in [0.1, 0.15) is 5.54 Å². The zero-order valence-electron chi connectivity index (χ0n) is 13.0. The Morgan fingerprint density at radius 2 is 1.88 bits per heavy atom. The third kappa shape index (κ3) is 2.00. The summed E-state index contributed by atoms with van der Waals surface area (Å²) in [5, 5.41) is 11.8. The van der Waals surface area contributed by atoms with E-state index in [-0.39, 0.29) is 18.5 Å². The lowest BCUT2D eigenvalue weighted by Gasteiger charge is -2.22. The SMILES string of the molecule is N#Cc1ccc(CN2C(=O)NC3(CCc4ccccc43)C2=O)cc1. The average Bonchev–Trinajstić information content (AvgIpc) is 3.10. The fourth-order valence-electron chi connectivity index (χ4n) is 3.60. The van der Waals surface area contributed by atoms with Gasteiger partial charge in [0.15, 0.2) is 0 Å². The van der Waals surface area contributed by atoms with Crippen LogP contribution in [0.2, 0.25) is 0 Å². The van der Waals surface area contributed by atoms with Gasteiger partial charge >= 0.3 is 6.03 Å². The molecule has 1 unspecified atom stereocenters. The summed E-state index contributed by atoms with van der Waals surface area (Å²) in [6.45, 7) is 0.209. The van der Waals surface area contributed by atoms with Gasteiger partial charge in [-0.2, -0.15) is 5.26 Å². The van der Waals surface area contributed by atoms with E-state index in [1.165, 1.54) is 4.90 Å². The topological polar surface area (TPSA) is 73.2 Å². The van der Waals surface area contributed by atoms with Gasteiger partial charge < -0.3 is 5.32 Å². The largest absolute Gasteiger partial charge is 0.325 e. The van der Waals surface area contributed by atoms with Crippen LogP contribution in [-0.2, 0) is 23.3 Å². The fourth-order valence-corrected chi connectivity index (χ4v) is 3.60. The number of carbonyl (C=O) groups excluding carboxylic acids is 2. The number of carbonyl (C=O) groups is 2. The number of aryl methyl sites for hydroxylation is 1. The number of rotatable bonds is 2. The second kappa shape index (κ2) is 5.20. The van der Waals surface area contributed by atoms with E-state index < -0.39 is 5.54 Å². The first-order valence-corrected chi connectivity index (χ1v) is 7.85. The molecule has 1 fully saturated rings. The Kier molecular flexibility index (Phi) is 3.14. The molecule has 0 bridgehead atoms. The molecule has 2 aliphatic rings. The summed E-state index contributed by atoms with van der Waals surface area (Å²) in [7, 11) is 0. The van der Waals surface area contributed by atoms with E-state index in [0.717, 1.165) is 23.1 Å². The molecular formula is C19H15N3O2. The minimum atomic E-state index is -0.916. The number of nitrogens with zero attached hydrogens (tertiary/aromatic N) is 2. The van der Waals surface area contributed by atoms with Crippen molar-refractivity contribution in [1.82, 2.24) is 10.2 Å². The molecule has 2 aromatic rings. The van der Waals surface area contributed by atoms with Crippen LogP contribution in [0.3, 0.4) is 0 Å². The molecule has 3 amide bonds. The van der Waals surface area contributed by atoms with E-state index in [1.54, 1.807) is 24.3 Å². The maximum Gasteiger partial charge on any atom is 0.325 e. The van der Waals surface area contributed by atoms with Gasteiger partial charge in [-0.15, -0.1) is 0 Å². The molecule has 2 aromatic carbocycles. The summed E-state index contributed by atoms with van der Waals surface area (Å²) in [6.07, 6.45) is 1.38. The molecular weight excluding hydrogens is 302 g/mol. The molecule has 1 spiro atoms. The van der Waals surface area contributed by atoms with Crippen molar-refractivity contribution in [2.24, 2.45) is 0 Å². The number of hydrogen-bond donors (Lipinski definition) is 1. The Balaban J connectivity index is 1.64. The first-order valence-electron chi connectivity index (χ1n) is 7.85. The lowest BCUT2D eigenvalue weighted by atomic mass is 9.92. The lowest BCUT2D eigenvalue weighted by Crippen LogP contribution is -2.41. The number of amides is 3. The molecule has 118 valence electrons. The molecule has 1 aliphatic heterocycles. The fraction of sp³-hybridized carbons (Fsp3) is 0.211. The van der Waals surface area contributed by atoms with Crippen LogP contribution in [0.1, 0.15) is 28.7 Å². The smallest absolute Gasteiger partial charge is 0.319 e. The van der Waals surface area contributed by atoms with E-state index in [9.17, 15) is 9.59 Å².